The van der Waals surface area contributed by atoms with E-state index >= 15 is 0 Å². The lowest BCUT2D eigenvalue weighted by atomic mass is 10.2. The van der Waals surface area contributed by atoms with Crippen LogP contribution in [0.1, 0.15) is 16.1 Å². The minimum absolute atomic E-state index is 0.0104. The van der Waals surface area contributed by atoms with Crippen LogP contribution >= 0.6 is 0 Å². The normalized spacial score (nSPS) is 14.2. The molecule has 2 aromatic heterocycles. The van der Waals surface area contributed by atoms with Crippen LogP contribution in [-0.4, -0.2) is 59.5 Å². The Bertz CT molecular complexity index is 1160. The minimum Gasteiger partial charge on any atom is -0.439 e. The molecule has 0 bridgehead atoms. The Balaban J connectivity index is 1.39. The SMILES string of the molecule is O=C(NCC(=O)N1CCOCC1)c1ccc2cc(Oc3ccc(C(F)(F)F)cn3)ccc2n1. The van der Waals surface area contributed by atoms with Gasteiger partial charge in [-0.15, -0.1) is 0 Å². The lowest BCUT2D eigenvalue weighted by Crippen LogP contribution is -2.45. The molecule has 0 atom stereocenters. The van der Waals surface area contributed by atoms with Crippen molar-refractivity contribution in [2.45, 2.75) is 6.18 Å². The number of rotatable bonds is 5. The highest BCUT2D eigenvalue weighted by atomic mass is 19.4. The summed E-state index contributed by atoms with van der Waals surface area (Å²) in [7, 11) is 0. The molecule has 172 valence electrons. The van der Waals surface area contributed by atoms with Crippen molar-refractivity contribution in [3.8, 4) is 11.6 Å². The van der Waals surface area contributed by atoms with E-state index < -0.39 is 17.6 Å². The van der Waals surface area contributed by atoms with Crippen LogP contribution in [0, 0.1) is 0 Å². The molecule has 8 nitrogen and oxygen atoms in total. The maximum Gasteiger partial charge on any atom is 0.417 e. The fraction of sp³-hybridized carbons (Fsp3) is 0.273. The second-order valence-electron chi connectivity index (χ2n) is 7.21. The van der Waals surface area contributed by atoms with Crippen molar-refractivity contribution in [3.05, 3.63) is 59.9 Å². The van der Waals surface area contributed by atoms with Gasteiger partial charge >= 0.3 is 6.18 Å². The Hall–Kier alpha value is -3.73. The predicted molar refractivity (Wildman–Crippen MR) is 111 cm³/mol. The molecule has 0 aliphatic carbocycles. The number of morpholine rings is 1. The summed E-state index contributed by atoms with van der Waals surface area (Å²) < 4.78 is 48.6. The topological polar surface area (TPSA) is 93.7 Å². The molecule has 1 aliphatic rings. The average Bonchev–Trinajstić information content (AvgIpc) is 2.82. The summed E-state index contributed by atoms with van der Waals surface area (Å²) in [6, 6.07) is 10.0. The molecule has 0 radical (unpaired) electrons. The molecule has 1 fully saturated rings. The first kappa shape index (κ1) is 22.5. The molecular formula is C22H19F3N4O4. The van der Waals surface area contributed by atoms with E-state index in [1.807, 2.05) is 0 Å². The number of hydrogen-bond acceptors (Lipinski definition) is 6. The van der Waals surface area contributed by atoms with Gasteiger partial charge in [0.2, 0.25) is 11.8 Å². The Kier molecular flexibility index (Phi) is 6.40. The number of alkyl halides is 3. The number of ether oxygens (including phenoxy) is 2. The van der Waals surface area contributed by atoms with Crippen LogP contribution in [0.4, 0.5) is 13.2 Å². The molecule has 2 amide bonds. The van der Waals surface area contributed by atoms with Crippen LogP contribution in [-0.2, 0) is 15.7 Å². The lowest BCUT2D eigenvalue weighted by molar-refractivity contribution is -0.138. The van der Waals surface area contributed by atoms with Crippen molar-refractivity contribution >= 4 is 22.7 Å². The first-order valence-electron chi connectivity index (χ1n) is 10.1. The van der Waals surface area contributed by atoms with Gasteiger partial charge in [0.15, 0.2) is 0 Å². The van der Waals surface area contributed by atoms with Crippen LogP contribution < -0.4 is 10.1 Å². The molecule has 1 aromatic carbocycles. The van der Waals surface area contributed by atoms with E-state index in [4.69, 9.17) is 9.47 Å². The van der Waals surface area contributed by atoms with E-state index in [0.717, 1.165) is 12.1 Å². The second kappa shape index (κ2) is 9.41. The number of pyridine rings is 2. The standard InChI is InChI=1S/C22H19F3N4O4/c23-22(24,25)15-2-6-19(26-12-15)33-16-3-5-17-14(11-16)1-4-18(28-17)21(31)27-13-20(30)29-7-9-32-10-8-29/h1-6,11-12H,7-10,13H2,(H,27,31). The van der Waals surface area contributed by atoms with E-state index in [1.54, 1.807) is 29.2 Å². The number of nitrogens with one attached hydrogen (secondary N) is 1. The number of nitrogens with zero attached hydrogens (tertiary/aromatic N) is 3. The van der Waals surface area contributed by atoms with Crippen LogP contribution in [0.3, 0.4) is 0 Å². The lowest BCUT2D eigenvalue weighted by Gasteiger charge is -2.26. The van der Waals surface area contributed by atoms with Crippen LogP contribution in [0.2, 0.25) is 0 Å². The Labute approximate surface area is 186 Å². The van der Waals surface area contributed by atoms with E-state index in [1.165, 1.54) is 6.07 Å². The van der Waals surface area contributed by atoms with Crippen LogP contribution in [0.25, 0.3) is 10.9 Å². The maximum atomic E-state index is 12.6. The molecule has 1 N–H and O–H groups in total. The Morgan fingerprint density at radius 3 is 2.58 bits per heavy atom. The highest BCUT2D eigenvalue weighted by Crippen LogP contribution is 2.30. The average molecular weight is 460 g/mol. The van der Waals surface area contributed by atoms with Gasteiger partial charge in [-0.2, -0.15) is 13.2 Å². The van der Waals surface area contributed by atoms with Gasteiger partial charge in [-0.25, -0.2) is 9.97 Å². The van der Waals surface area contributed by atoms with Gasteiger partial charge in [-0.05, 0) is 30.3 Å². The highest BCUT2D eigenvalue weighted by Gasteiger charge is 2.30. The zero-order chi connectivity index (χ0) is 23.4. The summed E-state index contributed by atoms with van der Waals surface area (Å²) in [5.41, 5.74) is -0.208. The number of benzene rings is 1. The van der Waals surface area contributed by atoms with Crippen molar-refractivity contribution in [2.24, 2.45) is 0 Å². The van der Waals surface area contributed by atoms with Gasteiger partial charge in [0.05, 0.1) is 30.8 Å². The predicted octanol–water partition coefficient (Wildman–Crippen LogP) is 3.03. The van der Waals surface area contributed by atoms with Gasteiger partial charge in [0.1, 0.15) is 11.4 Å². The quantitative estimate of drug-likeness (QED) is 0.629. The Morgan fingerprint density at radius 1 is 1.09 bits per heavy atom. The number of carbonyl (C=O) groups is 2. The molecule has 1 saturated heterocycles. The minimum atomic E-state index is -4.47. The molecule has 0 spiro atoms. The fourth-order valence-corrected chi connectivity index (χ4v) is 3.19. The molecule has 0 saturated carbocycles. The Morgan fingerprint density at radius 2 is 1.88 bits per heavy atom. The molecule has 0 unspecified atom stereocenters. The second-order valence-corrected chi connectivity index (χ2v) is 7.21. The third-order valence-electron chi connectivity index (χ3n) is 4.94. The van der Waals surface area contributed by atoms with Gasteiger partial charge < -0.3 is 19.7 Å². The number of fused-ring (bicyclic) bond motifs is 1. The first-order valence-corrected chi connectivity index (χ1v) is 10.1. The maximum absolute atomic E-state index is 12.6. The number of halogens is 3. The number of aromatic nitrogens is 2. The number of amides is 2. The molecule has 4 rings (SSSR count). The van der Waals surface area contributed by atoms with E-state index in [2.05, 4.69) is 15.3 Å². The van der Waals surface area contributed by atoms with Crippen molar-refractivity contribution in [1.82, 2.24) is 20.2 Å². The van der Waals surface area contributed by atoms with Gasteiger partial charge in [-0.3, -0.25) is 9.59 Å². The summed E-state index contributed by atoms with van der Waals surface area (Å²) in [5.74, 6) is -0.306. The van der Waals surface area contributed by atoms with Crippen molar-refractivity contribution in [3.63, 3.8) is 0 Å². The number of carbonyl (C=O) groups excluding carboxylic acids is 2. The van der Waals surface area contributed by atoms with Gasteiger partial charge in [-0.1, -0.05) is 6.07 Å². The summed E-state index contributed by atoms with van der Waals surface area (Å²) in [6.45, 7) is 1.81. The summed E-state index contributed by atoms with van der Waals surface area (Å²) in [4.78, 5) is 34.2. The third kappa shape index (κ3) is 5.55. The van der Waals surface area contributed by atoms with Crippen LogP contribution in [0.5, 0.6) is 11.6 Å². The number of hydrogen-bond donors (Lipinski definition) is 1. The zero-order valence-electron chi connectivity index (χ0n) is 17.3. The fourth-order valence-electron chi connectivity index (χ4n) is 3.19. The zero-order valence-corrected chi connectivity index (χ0v) is 17.3. The molecule has 1 aliphatic heterocycles. The van der Waals surface area contributed by atoms with Gasteiger partial charge in [0.25, 0.3) is 5.91 Å². The summed E-state index contributed by atoms with van der Waals surface area (Å²) in [6.07, 6.45) is -3.77. The highest BCUT2D eigenvalue weighted by molar-refractivity contribution is 5.97. The van der Waals surface area contributed by atoms with E-state index in [9.17, 15) is 22.8 Å². The van der Waals surface area contributed by atoms with Gasteiger partial charge in [0, 0.05) is 30.7 Å². The van der Waals surface area contributed by atoms with Crippen molar-refractivity contribution in [1.29, 1.82) is 0 Å². The van der Waals surface area contributed by atoms with E-state index in [0.29, 0.717) is 49.2 Å². The van der Waals surface area contributed by atoms with E-state index in [-0.39, 0.29) is 24.0 Å². The van der Waals surface area contributed by atoms with Crippen LogP contribution in [0.15, 0.2) is 48.7 Å². The largest absolute Gasteiger partial charge is 0.439 e. The first-order chi connectivity index (χ1) is 15.8. The van der Waals surface area contributed by atoms with Crippen molar-refractivity contribution < 1.29 is 32.2 Å². The monoisotopic (exact) mass is 460 g/mol. The molecule has 33 heavy (non-hydrogen) atoms. The van der Waals surface area contributed by atoms with Crippen molar-refractivity contribution in [2.75, 3.05) is 32.8 Å². The molecular weight excluding hydrogens is 441 g/mol. The summed E-state index contributed by atoms with van der Waals surface area (Å²) >= 11 is 0. The molecule has 11 heteroatoms. The smallest absolute Gasteiger partial charge is 0.417 e. The summed E-state index contributed by atoms with van der Waals surface area (Å²) in [5, 5.41) is 3.23. The molecule has 3 heterocycles. The third-order valence-corrected chi connectivity index (χ3v) is 4.94. The molecule has 3 aromatic rings.